The van der Waals surface area contributed by atoms with Gasteiger partial charge in [0.15, 0.2) is 12.4 Å². The first kappa shape index (κ1) is 16.2. The molecular weight excluding hydrogens is 396 g/mol. The number of benzene rings is 1. The molecule has 0 radical (unpaired) electrons. The Balaban J connectivity index is 1.98. The van der Waals surface area contributed by atoms with E-state index in [9.17, 15) is 4.79 Å². The Hall–Kier alpha value is -1.20. The first-order valence-corrected chi connectivity index (χ1v) is 8.40. The fraction of sp³-hybridized carbons (Fsp3) is 0.250. The smallest absolute Gasteiger partial charge is 0.290 e. The van der Waals surface area contributed by atoms with Gasteiger partial charge in [-0.15, -0.1) is 0 Å². The van der Waals surface area contributed by atoms with Crippen LogP contribution in [0.5, 0.6) is 0 Å². The van der Waals surface area contributed by atoms with E-state index in [2.05, 4.69) is 56.2 Å². The molecule has 0 unspecified atom stereocenters. The maximum Gasteiger partial charge on any atom is 0.290 e. The highest BCUT2D eigenvalue weighted by Gasteiger charge is 2.11. The van der Waals surface area contributed by atoms with Gasteiger partial charge in [0.2, 0.25) is 6.54 Å². The molecule has 110 valence electrons. The number of rotatable bonds is 5. The molecular formula is C16H17Br2N2O+. The van der Waals surface area contributed by atoms with E-state index in [-0.39, 0.29) is 5.91 Å². The van der Waals surface area contributed by atoms with Gasteiger partial charge in [-0.3, -0.25) is 4.79 Å². The Morgan fingerprint density at radius 3 is 2.52 bits per heavy atom. The van der Waals surface area contributed by atoms with Crippen LogP contribution in [0.4, 0.5) is 5.69 Å². The van der Waals surface area contributed by atoms with Gasteiger partial charge in [-0.25, -0.2) is 0 Å². The lowest BCUT2D eigenvalue weighted by atomic mass is 10.2. The molecule has 1 aromatic carbocycles. The number of halogens is 2. The standard InChI is InChI=1S/C16H16Br2N2O/c1-2-3-12-6-8-20(9-7-12)11-16(21)19-15-5-4-13(17)10-14(15)18/h4-10H,2-3,11H2,1H3/p+1. The Bertz CT molecular complexity index is 627. The fourth-order valence-corrected chi connectivity index (χ4v) is 3.14. The van der Waals surface area contributed by atoms with Crippen LogP contribution in [0.3, 0.4) is 0 Å². The summed E-state index contributed by atoms with van der Waals surface area (Å²) >= 11 is 6.83. The highest BCUT2D eigenvalue weighted by atomic mass is 79.9. The van der Waals surface area contributed by atoms with Gasteiger partial charge in [-0.05, 0) is 46.1 Å². The number of hydrogen-bond donors (Lipinski definition) is 1. The fourth-order valence-electron chi connectivity index (χ4n) is 2.00. The van der Waals surface area contributed by atoms with Crippen molar-refractivity contribution in [3.63, 3.8) is 0 Å². The summed E-state index contributed by atoms with van der Waals surface area (Å²) in [5.74, 6) is -0.0498. The molecule has 0 fully saturated rings. The number of carbonyl (C=O) groups is 1. The largest absolute Gasteiger partial charge is 0.320 e. The monoisotopic (exact) mass is 411 g/mol. The normalized spacial score (nSPS) is 10.4. The van der Waals surface area contributed by atoms with Crippen molar-refractivity contribution in [1.82, 2.24) is 0 Å². The molecule has 2 rings (SSSR count). The van der Waals surface area contributed by atoms with Gasteiger partial charge < -0.3 is 5.32 Å². The minimum Gasteiger partial charge on any atom is -0.320 e. The minimum absolute atomic E-state index is 0.0498. The highest BCUT2D eigenvalue weighted by molar-refractivity contribution is 9.11. The summed E-state index contributed by atoms with van der Waals surface area (Å²) in [7, 11) is 0. The van der Waals surface area contributed by atoms with Crippen LogP contribution in [0.2, 0.25) is 0 Å². The van der Waals surface area contributed by atoms with E-state index < -0.39 is 0 Å². The predicted molar refractivity (Wildman–Crippen MR) is 91.1 cm³/mol. The Kier molecular flexibility index (Phi) is 5.94. The molecule has 2 aromatic rings. The molecule has 0 aliphatic carbocycles. The maximum atomic E-state index is 12.1. The summed E-state index contributed by atoms with van der Waals surface area (Å²) in [6.07, 6.45) is 6.09. The van der Waals surface area contributed by atoms with E-state index in [4.69, 9.17) is 0 Å². The molecule has 1 heterocycles. The molecule has 21 heavy (non-hydrogen) atoms. The number of nitrogens with one attached hydrogen (secondary N) is 1. The van der Waals surface area contributed by atoms with Crippen molar-refractivity contribution in [1.29, 1.82) is 0 Å². The number of hydrogen-bond acceptors (Lipinski definition) is 1. The number of carbonyl (C=O) groups excluding carboxylic acids is 1. The molecule has 1 N–H and O–H groups in total. The SMILES string of the molecule is CCCc1cc[n+](CC(=O)Nc2ccc(Br)cc2Br)cc1. The summed E-state index contributed by atoms with van der Waals surface area (Å²) in [5.41, 5.74) is 2.07. The molecule has 0 aliphatic rings. The van der Waals surface area contributed by atoms with Crippen LogP contribution in [-0.2, 0) is 17.8 Å². The van der Waals surface area contributed by atoms with Gasteiger partial charge in [0.25, 0.3) is 5.91 Å². The highest BCUT2D eigenvalue weighted by Crippen LogP contribution is 2.25. The van der Waals surface area contributed by atoms with E-state index in [1.54, 1.807) is 0 Å². The van der Waals surface area contributed by atoms with Crippen molar-refractivity contribution >= 4 is 43.5 Å². The first-order valence-electron chi connectivity index (χ1n) is 6.81. The van der Waals surface area contributed by atoms with Crippen LogP contribution in [0.1, 0.15) is 18.9 Å². The van der Waals surface area contributed by atoms with E-state index in [1.807, 2.05) is 35.2 Å². The summed E-state index contributed by atoms with van der Waals surface area (Å²) in [4.78, 5) is 12.1. The van der Waals surface area contributed by atoms with Crippen LogP contribution >= 0.6 is 31.9 Å². The zero-order valence-electron chi connectivity index (χ0n) is 11.8. The Labute approximate surface area is 141 Å². The molecule has 0 atom stereocenters. The average Bonchev–Trinajstić information content (AvgIpc) is 2.44. The van der Waals surface area contributed by atoms with Crippen molar-refractivity contribution < 1.29 is 9.36 Å². The molecule has 0 aliphatic heterocycles. The van der Waals surface area contributed by atoms with Gasteiger partial charge in [-0.1, -0.05) is 29.3 Å². The molecule has 0 bridgehead atoms. The van der Waals surface area contributed by atoms with Crippen molar-refractivity contribution in [3.8, 4) is 0 Å². The predicted octanol–water partition coefficient (Wildman–Crippen LogP) is 4.09. The number of amides is 1. The summed E-state index contributed by atoms with van der Waals surface area (Å²) in [6, 6.07) is 9.79. The van der Waals surface area contributed by atoms with Crippen LogP contribution < -0.4 is 9.88 Å². The summed E-state index contributed by atoms with van der Waals surface area (Å²) in [6.45, 7) is 2.46. The molecule has 5 heteroatoms. The topological polar surface area (TPSA) is 33.0 Å². The van der Waals surface area contributed by atoms with Crippen LogP contribution in [-0.4, -0.2) is 5.91 Å². The molecule has 1 amide bonds. The zero-order chi connectivity index (χ0) is 15.2. The molecule has 1 aromatic heterocycles. The number of nitrogens with zero attached hydrogens (tertiary/aromatic N) is 1. The lowest BCUT2D eigenvalue weighted by molar-refractivity contribution is -0.684. The third kappa shape index (κ3) is 4.93. The molecule has 0 saturated carbocycles. The van der Waals surface area contributed by atoms with Crippen molar-refractivity contribution in [2.75, 3.05) is 5.32 Å². The van der Waals surface area contributed by atoms with Gasteiger partial charge in [0.1, 0.15) is 0 Å². The number of pyridine rings is 1. The Morgan fingerprint density at radius 2 is 1.90 bits per heavy atom. The second kappa shape index (κ2) is 7.71. The van der Waals surface area contributed by atoms with Crippen LogP contribution in [0.25, 0.3) is 0 Å². The number of aryl methyl sites for hydroxylation is 1. The van der Waals surface area contributed by atoms with E-state index in [0.717, 1.165) is 27.5 Å². The van der Waals surface area contributed by atoms with Crippen molar-refractivity contribution in [2.24, 2.45) is 0 Å². The number of aromatic nitrogens is 1. The van der Waals surface area contributed by atoms with Gasteiger partial charge >= 0.3 is 0 Å². The summed E-state index contributed by atoms with van der Waals surface area (Å²) < 4.78 is 3.70. The van der Waals surface area contributed by atoms with Gasteiger partial charge in [0, 0.05) is 21.1 Å². The van der Waals surface area contributed by atoms with Crippen LogP contribution in [0, 0.1) is 0 Å². The minimum atomic E-state index is -0.0498. The maximum absolute atomic E-state index is 12.1. The lowest BCUT2D eigenvalue weighted by Crippen LogP contribution is -2.39. The second-order valence-corrected chi connectivity index (χ2v) is 6.57. The lowest BCUT2D eigenvalue weighted by Gasteiger charge is -2.06. The van der Waals surface area contributed by atoms with Gasteiger partial charge in [0.05, 0.1) is 5.69 Å². The quantitative estimate of drug-likeness (QED) is 0.737. The van der Waals surface area contributed by atoms with Gasteiger partial charge in [-0.2, -0.15) is 4.57 Å². The van der Waals surface area contributed by atoms with Crippen LogP contribution in [0.15, 0.2) is 51.7 Å². The van der Waals surface area contributed by atoms with Crippen molar-refractivity contribution in [2.45, 2.75) is 26.3 Å². The average molecular weight is 413 g/mol. The third-order valence-corrected chi connectivity index (χ3v) is 4.18. The number of anilines is 1. The Morgan fingerprint density at radius 1 is 1.19 bits per heavy atom. The van der Waals surface area contributed by atoms with E-state index in [0.29, 0.717) is 6.54 Å². The van der Waals surface area contributed by atoms with E-state index >= 15 is 0 Å². The molecule has 3 nitrogen and oxygen atoms in total. The second-order valence-electron chi connectivity index (χ2n) is 4.80. The summed E-state index contributed by atoms with van der Waals surface area (Å²) in [5, 5.41) is 2.90. The van der Waals surface area contributed by atoms with Crippen molar-refractivity contribution in [3.05, 3.63) is 57.2 Å². The van der Waals surface area contributed by atoms with E-state index in [1.165, 1.54) is 5.56 Å². The molecule has 0 saturated heterocycles. The zero-order valence-corrected chi connectivity index (χ0v) is 14.9. The first-order chi connectivity index (χ1) is 10.1. The molecule has 0 spiro atoms. The third-order valence-electron chi connectivity index (χ3n) is 3.03.